The van der Waals surface area contributed by atoms with Crippen LogP contribution >= 0.6 is 0 Å². The molecule has 0 aromatic heterocycles. The number of hydrogen-bond acceptors (Lipinski definition) is 3. The lowest BCUT2D eigenvalue weighted by Crippen LogP contribution is -2.11. The zero-order valence-corrected chi connectivity index (χ0v) is 9.93. The topological polar surface area (TPSA) is 57.5 Å². The van der Waals surface area contributed by atoms with Gasteiger partial charge in [-0.3, -0.25) is 4.79 Å². The van der Waals surface area contributed by atoms with Crippen LogP contribution in [-0.2, 0) is 4.79 Å². The molecule has 0 spiro atoms. The zero-order valence-electron chi connectivity index (χ0n) is 9.93. The van der Waals surface area contributed by atoms with Crippen LogP contribution in [0.2, 0.25) is 0 Å². The Morgan fingerprint density at radius 3 is 2.75 bits per heavy atom. The Balaban J connectivity index is 2.27. The Hall–Kier alpha value is -0.670. The second-order valence-corrected chi connectivity index (χ2v) is 4.63. The number of carbonyl (C=O) groups is 1. The molecule has 0 aliphatic heterocycles. The average Bonchev–Trinajstić information content (AvgIpc) is 2.55. The Kier molecular flexibility index (Phi) is 5.71. The van der Waals surface area contributed by atoms with E-state index in [2.05, 4.69) is 6.92 Å². The van der Waals surface area contributed by atoms with Gasteiger partial charge in [0.05, 0.1) is 12.2 Å². The Labute approximate surface area is 97.2 Å². The number of hydrogen-bond donors (Lipinski definition) is 2. The molecule has 3 nitrogen and oxygen atoms in total. The van der Waals surface area contributed by atoms with E-state index in [4.69, 9.17) is 0 Å². The van der Waals surface area contributed by atoms with Gasteiger partial charge in [0, 0.05) is 18.8 Å². The largest absolute Gasteiger partial charge is 0.392 e. The maximum absolute atomic E-state index is 11.1. The molecule has 0 radical (unpaired) electrons. The van der Waals surface area contributed by atoms with Crippen molar-refractivity contribution in [3.05, 3.63) is 12.2 Å². The molecule has 1 fully saturated rings. The van der Waals surface area contributed by atoms with Crippen molar-refractivity contribution in [3.63, 3.8) is 0 Å². The summed E-state index contributed by atoms with van der Waals surface area (Å²) in [5, 5.41) is 19.2. The van der Waals surface area contributed by atoms with Crippen LogP contribution in [0.1, 0.15) is 45.4 Å². The molecule has 3 unspecified atom stereocenters. The highest BCUT2D eigenvalue weighted by molar-refractivity contribution is 5.81. The number of Topliss-reactive ketones (excluding diaryl/α,β-unsaturated/α-hetero) is 1. The summed E-state index contributed by atoms with van der Waals surface area (Å²) in [5.41, 5.74) is 0. The molecule has 1 rings (SSSR count). The summed E-state index contributed by atoms with van der Waals surface area (Å²) < 4.78 is 0. The summed E-state index contributed by atoms with van der Waals surface area (Å²) in [6.45, 7) is 2.13. The highest BCUT2D eigenvalue weighted by Gasteiger charge is 2.29. The molecule has 3 atom stereocenters. The predicted octanol–water partition coefficient (Wildman–Crippen LogP) is 1.82. The fourth-order valence-electron chi connectivity index (χ4n) is 2.03. The van der Waals surface area contributed by atoms with E-state index in [1.807, 2.05) is 0 Å². The lowest BCUT2D eigenvalue weighted by Gasteiger charge is -2.09. The number of carbonyl (C=O) groups excluding carboxylic acids is 1. The molecule has 0 amide bonds. The van der Waals surface area contributed by atoms with E-state index in [1.54, 1.807) is 12.2 Å². The van der Waals surface area contributed by atoms with Crippen LogP contribution in [-0.4, -0.2) is 28.2 Å². The van der Waals surface area contributed by atoms with Gasteiger partial charge in [0.2, 0.25) is 0 Å². The number of unbranched alkanes of at least 4 members (excludes halogenated alkanes) is 2. The van der Waals surface area contributed by atoms with Crippen LogP contribution < -0.4 is 0 Å². The summed E-state index contributed by atoms with van der Waals surface area (Å²) in [4.78, 5) is 11.1. The first-order valence-corrected chi connectivity index (χ1v) is 6.19. The fraction of sp³-hybridized carbons (Fsp3) is 0.769. The van der Waals surface area contributed by atoms with Gasteiger partial charge in [-0.1, -0.05) is 38.3 Å². The van der Waals surface area contributed by atoms with E-state index >= 15 is 0 Å². The molecule has 3 heteroatoms. The summed E-state index contributed by atoms with van der Waals surface area (Å²) in [6, 6.07) is 0. The molecule has 16 heavy (non-hydrogen) atoms. The maximum atomic E-state index is 11.1. The lowest BCUT2D eigenvalue weighted by atomic mass is 10.0. The van der Waals surface area contributed by atoms with Gasteiger partial charge in [0.15, 0.2) is 0 Å². The minimum Gasteiger partial charge on any atom is -0.392 e. The van der Waals surface area contributed by atoms with Crippen molar-refractivity contribution >= 4 is 5.78 Å². The summed E-state index contributed by atoms with van der Waals surface area (Å²) in [6.07, 6.45) is 7.28. The highest BCUT2D eigenvalue weighted by atomic mass is 16.3. The molecular formula is C13H22O3. The summed E-state index contributed by atoms with van der Waals surface area (Å²) >= 11 is 0. The number of aliphatic hydroxyl groups is 2. The van der Waals surface area contributed by atoms with Crippen molar-refractivity contribution < 1.29 is 15.0 Å². The first kappa shape index (κ1) is 13.4. The van der Waals surface area contributed by atoms with Crippen LogP contribution in [0, 0.1) is 5.92 Å². The van der Waals surface area contributed by atoms with Gasteiger partial charge in [-0.05, 0) is 6.42 Å². The second kappa shape index (κ2) is 6.81. The zero-order chi connectivity index (χ0) is 12.0. The summed E-state index contributed by atoms with van der Waals surface area (Å²) in [5.74, 6) is 0.0240. The fourth-order valence-corrected chi connectivity index (χ4v) is 2.03. The minimum atomic E-state index is -0.549. The van der Waals surface area contributed by atoms with Crippen molar-refractivity contribution in [1.29, 1.82) is 0 Å². The standard InChI is InChI=1S/C13H22O3/c1-2-3-4-5-11(14)7-6-10-8-12(15)9-13(10)16/h6-7,10-11,13-14,16H,2-5,8-9H2,1H3. The lowest BCUT2D eigenvalue weighted by molar-refractivity contribution is -0.117. The van der Waals surface area contributed by atoms with Gasteiger partial charge in [-0.2, -0.15) is 0 Å². The second-order valence-electron chi connectivity index (χ2n) is 4.63. The Morgan fingerprint density at radius 1 is 1.44 bits per heavy atom. The van der Waals surface area contributed by atoms with Gasteiger partial charge in [0.1, 0.15) is 5.78 Å². The van der Waals surface area contributed by atoms with Gasteiger partial charge in [-0.15, -0.1) is 0 Å². The van der Waals surface area contributed by atoms with Gasteiger partial charge in [-0.25, -0.2) is 0 Å². The van der Waals surface area contributed by atoms with Crippen molar-refractivity contribution in [2.45, 2.75) is 57.7 Å². The Bertz CT molecular complexity index is 248. The van der Waals surface area contributed by atoms with E-state index < -0.39 is 12.2 Å². The first-order valence-electron chi connectivity index (χ1n) is 6.19. The SMILES string of the molecule is CCCCCC(O)C=CC1CC(=O)CC1O. The van der Waals surface area contributed by atoms with Crippen LogP contribution in [0.5, 0.6) is 0 Å². The van der Waals surface area contributed by atoms with E-state index in [0.717, 1.165) is 25.7 Å². The molecule has 0 saturated heterocycles. The quantitative estimate of drug-likeness (QED) is 0.536. The van der Waals surface area contributed by atoms with E-state index in [0.29, 0.717) is 6.42 Å². The first-order chi connectivity index (χ1) is 7.63. The minimum absolute atomic E-state index is 0.0895. The maximum Gasteiger partial charge on any atom is 0.136 e. The number of rotatable bonds is 6. The van der Waals surface area contributed by atoms with Crippen LogP contribution in [0.4, 0.5) is 0 Å². The van der Waals surface area contributed by atoms with Gasteiger partial charge < -0.3 is 10.2 Å². The van der Waals surface area contributed by atoms with Crippen LogP contribution in [0.3, 0.4) is 0 Å². The third-order valence-corrected chi connectivity index (χ3v) is 3.08. The molecule has 0 aromatic carbocycles. The van der Waals surface area contributed by atoms with E-state index in [-0.39, 0.29) is 18.1 Å². The van der Waals surface area contributed by atoms with Gasteiger partial charge in [0.25, 0.3) is 0 Å². The molecule has 1 aliphatic carbocycles. The predicted molar refractivity (Wildman–Crippen MR) is 63.0 cm³/mol. The number of ketones is 1. The smallest absolute Gasteiger partial charge is 0.136 e. The van der Waals surface area contributed by atoms with Crippen LogP contribution in [0.25, 0.3) is 0 Å². The summed E-state index contributed by atoms with van der Waals surface area (Å²) in [7, 11) is 0. The molecule has 1 aliphatic rings. The molecule has 2 N–H and O–H groups in total. The highest BCUT2D eigenvalue weighted by Crippen LogP contribution is 2.24. The Morgan fingerprint density at radius 2 is 2.19 bits per heavy atom. The molecule has 0 heterocycles. The molecular weight excluding hydrogens is 204 g/mol. The number of aliphatic hydroxyl groups excluding tert-OH is 2. The van der Waals surface area contributed by atoms with Crippen molar-refractivity contribution in [2.24, 2.45) is 5.92 Å². The monoisotopic (exact) mass is 226 g/mol. The third kappa shape index (κ3) is 4.45. The average molecular weight is 226 g/mol. The van der Waals surface area contributed by atoms with Gasteiger partial charge >= 0.3 is 0 Å². The third-order valence-electron chi connectivity index (χ3n) is 3.08. The van der Waals surface area contributed by atoms with Crippen molar-refractivity contribution in [3.8, 4) is 0 Å². The van der Waals surface area contributed by atoms with Crippen molar-refractivity contribution in [2.75, 3.05) is 0 Å². The van der Waals surface area contributed by atoms with E-state index in [1.165, 1.54) is 0 Å². The normalized spacial score (nSPS) is 27.8. The molecule has 92 valence electrons. The van der Waals surface area contributed by atoms with Crippen molar-refractivity contribution in [1.82, 2.24) is 0 Å². The molecule has 0 aromatic rings. The molecule has 0 bridgehead atoms. The van der Waals surface area contributed by atoms with Crippen LogP contribution in [0.15, 0.2) is 12.2 Å². The molecule has 1 saturated carbocycles. The van der Waals surface area contributed by atoms with E-state index in [9.17, 15) is 15.0 Å².